The predicted molar refractivity (Wildman–Crippen MR) is 33.9 cm³/mol. The summed E-state index contributed by atoms with van der Waals surface area (Å²) in [6.45, 7) is 0. The van der Waals surface area contributed by atoms with Crippen molar-refractivity contribution in [1.82, 2.24) is 0 Å². The van der Waals surface area contributed by atoms with Crippen LogP contribution in [0.2, 0.25) is 0 Å². The summed E-state index contributed by atoms with van der Waals surface area (Å²) in [6.07, 6.45) is 0.282. The molecule has 0 saturated heterocycles. The van der Waals surface area contributed by atoms with E-state index in [1.54, 1.807) is 0 Å². The third kappa shape index (κ3) is 7.27. The Morgan fingerprint density at radius 1 is 1.60 bits per heavy atom. The van der Waals surface area contributed by atoms with Crippen molar-refractivity contribution in [3.05, 3.63) is 0 Å². The van der Waals surface area contributed by atoms with E-state index >= 15 is 0 Å². The van der Waals surface area contributed by atoms with Gasteiger partial charge in [-0.3, -0.25) is 0 Å². The third-order valence-corrected chi connectivity index (χ3v) is 1.92. The first-order valence-corrected chi connectivity index (χ1v) is 4.35. The van der Waals surface area contributed by atoms with E-state index in [-0.39, 0.29) is 49.0 Å². The molecule has 7 heteroatoms. The van der Waals surface area contributed by atoms with E-state index in [1.807, 2.05) is 0 Å². The largest absolute Gasteiger partial charge is 1.00 e. The van der Waals surface area contributed by atoms with Gasteiger partial charge in [0, 0.05) is 5.88 Å². The fourth-order valence-corrected chi connectivity index (χ4v) is 1.13. The van der Waals surface area contributed by atoms with Crippen molar-refractivity contribution in [3.63, 3.8) is 0 Å². The second-order valence-corrected chi connectivity index (χ2v) is 3.43. The molecule has 0 unspecified atom stereocenters. The third-order valence-electron chi connectivity index (χ3n) is 0.642. The fraction of sp³-hybridized carbons (Fsp3) is 1.00. The van der Waals surface area contributed by atoms with Crippen LogP contribution in [0.25, 0.3) is 0 Å². The maximum atomic E-state index is 10.2. The van der Waals surface area contributed by atoms with Crippen LogP contribution in [0, 0.1) is 0 Å². The minimum atomic E-state index is -3.71. The van der Waals surface area contributed by atoms with Crippen molar-refractivity contribution in [2.75, 3.05) is 11.6 Å². The summed E-state index contributed by atoms with van der Waals surface area (Å²) in [5.74, 6) is -0.00437. The number of hydrogen-bond acceptors (Lipinski definition) is 4. The van der Waals surface area contributed by atoms with Gasteiger partial charge in [0.15, 0.2) is 0 Å². The summed E-state index contributed by atoms with van der Waals surface area (Å²) < 4.78 is 23.6. The van der Waals surface area contributed by atoms with Gasteiger partial charge >= 0.3 is 29.6 Å². The molecule has 0 saturated carbocycles. The van der Waals surface area contributed by atoms with Gasteiger partial charge in [-0.15, -0.1) is 15.9 Å². The first-order valence-electron chi connectivity index (χ1n) is 2.24. The molecular weight excluding hydrogens is 191 g/mol. The Balaban J connectivity index is -0.000000320. The van der Waals surface area contributed by atoms with Gasteiger partial charge in [0.2, 0.25) is 0 Å². The van der Waals surface area contributed by atoms with Gasteiger partial charge in [-0.25, -0.2) is 5.26 Å². The van der Waals surface area contributed by atoms with E-state index in [9.17, 15) is 8.42 Å². The quantitative estimate of drug-likeness (QED) is 0.236. The Hall–Kier alpha value is 1.16. The molecule has 10 heavy (non-hydrogen) atoms. The summed E-state index contributed by atoms with van der Waals surface area (Å²) in [7, 11) is -3.71. The fourth-order valence-electron chi connectivity index (χ4n) is 0.269. The van der Waals surface area contributed by atoms with Crippen LogP contribution in [0.15, 0.2) is 0 Å². The molecule has 0 bridgehead atoms. The predicted octanol–water partition coefficient (Wildman–Crippen LogP) is -2.45. The second-order valence-electron chi connectivity index (χ2n) is 1.38. The van der Waals surface area contributed by atoms with Crippen molar-refractivity contribution in [3.8, 4) is 0 Å². The Labute approximate surface area is 88.3 Å². The first kappa shape index (κ1) is 13.7. The molecule has 0 aromatic carbocycles. The molecule has 0 aliphatic carbocycles. The standard InChI is InChI=1S/C3H7ClO4S.Na.H/c4-2-1-3-9(6,7)8-5;;/h5H,1-3H2;;/q;+1;-1. The molecule has 0 aliphatic heterocycles. The molecule has 0 amide bonds. The maximum Gasteiger partial charge on any atom is 1.00 e. The number of halogens is 1. The Kier molecular flexibility index (Phi) is 9.40. The van der Waals surface area contributed by atoms with Crippen LogP contribution < -0.4 is 29.6 Å². The van der Waals surface area contributed by atoms with E-state index in [0.29, 0.717) is 0 Å². The van der Waals surface area contributed by atoms with E-state index in [2.05, 4.69) is 4.33 Å². The van der Waals surface area contributed by atoms with E-state index in [0.717, 1.165) is 0 Å². The molecule has 0 fully saturated rings. The average molecular weight is 199 g/mol. The molecular formula is C3H8ClNaO4S. The first-order chi connectivity index (χ1) is 4.12. The zero-order valence-corrected chi connectivity index (χ0v) is 9.15. The molecule has 1 N–H and O–H groups in total. The van der Waals surface area contributed by atoms with Gasteiger partial charge in [-0.1, -0.05) is 0 Å². The van der Waals surface area contributed by atoms with Crippen molar-refractivity contribution in [1.29, 1.82) is 0 Å². The summed E-state index contributed by atoms with van der Waals surface area (Å²) in [4.78, 5) is 0. The molecule has 0 aromatic heterocycles. The molecule has 0 heterocycles. The number of hydrogen-bond donors (Lipinski definition) is 1. The van der Waals surface area contributed by atoms with Crippen molar-refractivity contribution in [2.24, 2.45) is 0 Å². The van der Waals surface area contributed by atoms with Gasteiger partial charge in [-0.05, 0) is 6.42 Å². The summed E-state index contributed by atoms with van der Waals surface area (Å²) in [5.41, 5.74) is 0. The van der Waals surface area contributed by atoms with Crippen LogP contribution in [-0.2, 0) is 14.5 Å². The van der Waals surface area contributed by atoms with Crippen LogP contribution >= 0.6 is 11.6 Å². The molecule has 0 aromatic rings. The summed E-state index contributed by atoms with van der Waals surface area (Å²) in [5, 5.41) is 7.69. The topological polar surface area (TPSA) is 63.6 Å². The molecule has 0 aliphatic rings. The van der Waals surface area contributed by atoms with Crippen LogP contribution in [-0.4, -0.2) is 25.3 Å². The van der Waals surface area contributed by atoms with Crippen LogP contribution in [0.5, 0.6) is 0 Å². The van der Waals surface area contributed by atoms with Crippen LogP contribution in [0.3, 0.4) is 0 Å². The number of alkyl halides is 1. The maximum absolute atomic E-state index is 10.2. The zero-order chi connectivity index (χ0) is 7.33. The number of rotatable bonds is 4. The van der Waals surface area contributed by atoms with Crippen molar-refractivity contribution >= 4 is 21.7 Å². The molecule has 0 spiro atoms. The van der Waals surface area contributed by atoms with Crippen LogP contribution in [0.1, 0.15) is 7.85 Å². The van der Waals surface area contributed by atoms with Crippen molar-refractivity contribution < 1.29 is 49.0 Å². The Bertz CT molecular complexity index is 161. The monoisotopic (exact) mass is 198 g/mol. The van der Waals surface area contributed by atoms with Gasteiger partial charge in [0.25, 0.3) is 10.1 Å². The van der Waals surface area contributed by atoms with Gasteiger partial charge in [-0.2, -0.15) is 8.42 Å². The smallest absolute Gasteiger partial charge is 1.00 e. The summed E-state index contributed by atoms with van der Waals surface area (Å²) >= 11 is 5.16. The van der Waals surface area contributed by atoms with Crippen LogP contribution in [0.4, 0.5) is 0 Å². The van der Waals surface area contributed by atoms with Gasteiger partial charge in [0.05, 0.1) is 5.75 Å². The minimum Gasteiger partial charge on any atom is -1.00 e. The molecule has 0 atom stereocenters. The molecule has 0 rings (SSSR count). The van der Waals surface area contributed by atoms with E-state index in [1.165, 1.54) is 0 Å². The Morgan fingerprint density at radius 2 is 2.10 bits per heavy atom. The summed E-state index contributed by atoms with van der Waals surface area (Å²) in [6, 6.07) is 0. The minimum absolute atomic E-state index is 0. The van der Waals surface area contributed by atoms with E-state index < -0.39 is 10.1 Å². The molecule has 4 nitrogen and oxygen atoms in total. The van der Waals surface area contributed by atoms with E-state index in [4.69, 9.17) is 16.9 Å². The Morgan fingerprint density at radius 3 is 2.40 bits per heavy atom. The average Bonchev–Trinajstić information content (AvgIpc) is 1.84. The normalized spacial score (nSPS) is 10.6. The van der Waals surface area contributed by atoms with Gasteiger partial charge in [0.1, 0.15) is 0 Å². The van der Waals surface area contributed by atoms with Crippen molar-refractivity contribution in [2.45, 2.75) is 6.42 Å². The zero-order valence-electron chi connectivity index (χ0n) is 6.58. The van der Waals surface area contributed by atoms with Gasteiger partial charge < -0.3 is 1.43 Å². The molecule has 0 radical (unpaired) electrons. The SMILES string of the molecule is O=S(=O)(CCCCl)OO.[H-].[Na+]. The second kappa shape index (κ2) is 6.84. The molecule has 58 valence electrons.